The lowest BCUT2D eigenvalue weighted by molar-refractivity contribution is -0.121. The number of aromatic nitrogens is 4. The molecule has 158 valence electrons. The van der Waals surface area contributed by atoms with E-state index in [0.717, 1.165) is 22.4 Å². The van der Waals surface area contributed by atoms with E-state index in [4.69, 9.17) is 11.6 Å². The zero-order valence-electron chi connectivity index (χ0n) is 17.3. The largest absolute Gasteiger partial charge is 0.352 e. The Bertz CT molecular complexity index is 1310. The second-order valence-corrected chi connectivity index (χ2v) is 7.89. The number of nitrogens with one attached hydrogen (secondary N) is 1. The van der Waals surface area contributed by atoms with Crippen molar-refractivity contribution in [2.45, 2.75) is 33.2 Å². The van der Waals surface area contributed by atoms with E-state index >= 15 is 0 Å². The molecular weight excluding hydrogens is 414 g/mol. The molecule has 0 bridgehead atoms. The molecule has 2 aromatic carbocycles. The summed E-state index contributed by atoms with van der Waals surface area (Å²) in [5.74, 6) is 0.469. The van der Waals surface area contributed by atoms with Crippen molar-refractivity contribution in [3.05, 3.63) is 92.7 Å². The van der Waals surface area contributed by atoms with Crippen molar-refractivity contribution in [2.75, 3.05) is 0 Å². The van der Waals surface area contributed by atoms with Gasteiger partial charge in [-0.05, 0) is 54.8 Å². The molecule has 0 aliphatic heterocycles. The fourth-order valence-electron chi connectivity index (χ4n) is 3.30. The molecule has 0 saturated heterocycles. The van der Waals surface area contributed by atoms with Gasteiger partial charge < -0.3 is 5.32 Å². The molecule has 0 spiro atoms. The van der Waals surface area contributed by atoms with Crippen molar-refractivity contribution in [1.82, 2.24) is 24.5 Å². The minimum atomic E-state index is -0.253. The van der Waals surface area contributed by atoms with Gasteiger partial charge in [-0.2, -0.15) is 0 Å². The van der Waals surface area contributed by atoms with Gasteiger partial charge in [0.15, 0.2) is 0 Å². The van der Waals surface area contributed by atoms with Gasteiger partial charge in [0.1, 0.15) is 5.82 Å². The van der Waals surface area contributed by atoms with Crippen LogP contribution in [0.2, 0.25) is 5.02 Å². The van der Waals surface area contributed by atoms with Gasteiger partial charge in [-0.15, -0.1) is 10.2 Å². The van der Waals surface area contributed by atoms with E-state index in [0.29, 0.717) is 23.8 Å². The summed E-state index contributed by atoms with van der Waals surface area (Å²) >= 11 is 5.87. The lowest BCUT2D eigenvalue weighted by atomic mass is 10.1. The van der Waals surface area contributed by atoms with Crippen LogP contribution in [-0.2, 0) is 17.8 Å². The maximum absolute atomic E-state index is 12.9. The minimum Gasteiger partial charge on any atom is -0.352 e. The first-order valence-electron chi connectivity index (χ1n) is 9.96. The van der Waals surface area contributed by atoms with Crippen molar-refractivity contribution < 1.29 is 4.79 Å². The van der Waals surface area contributed by atoms with Gasteiger partial charge in [0.25, 0.3) is 0 Å². The van der Waals surface area contributed by atoms with Crippen LogP contribution in [0.15, 0.2) is 59.7 Å². The number of nitrogens with zero attached hydrogens (tertiary/aromatic N) is 4. The summed E-state index contributed by atoms with van der Waals surface area (Å²) in [6.07, 6.45) is 4.08. The van der Waals surface area contributed by atoms with Crippen molar-refractivity contribution >= 4 is 23.2 Å². The third-order valence-corrected chi connectivity index (χ3v) is 5.54. The summed E-state index contributed by atoms with van der Waals surface area (Å²) in [5, 5.41) is 11.7. The summed E-state index contributed by atoms with van der Waals surface area (Å²) < 4.78 is 3.20. The average Bonchev–Trinajstić information content (AvgIpc) is 3.18. The Hall–Kier alpha value is -3.45. The van der Waals surface area contributed by atoms with Gasteiger partial charge in [-0.1, -0.05) is 29.8 Å². The van der Waals surface area contributed by atoms with Gasteiger partial charge in [0.05, 0.1) is 0 Å². The van der Waals surface area contributed by atoms with Crippen molar-refractivity contribution in [2.24, 2.45) is 0 Å². The average molecular weight is 436 g/mol. The molecule has 8 heteroatoms. The molecule has 7 nitrogen and oxygen atoms in total. The maximum atomic E-state index is 12.9. The number of benzene rings is 2. The first-order chi connectivity index (χ1) is 14.9. The van der Waals surface area contributed by atoms with E-state index in [1.807, 2.05) is 44.2 Å². The second-order valence-electron chi connectivity index (χ2n) is 7.45. The summed E-state index contributed by atoms with van der Waals surface area (Å²) in [4.78, 5) is 25.1. The minimum absolute atomic E-state index is 0.102. The lowest BCUT2D eigenvalue weighted by Crippen LogP contribution is -2.23. The number of carbonyl (C=O) groups is 1. The van der Waals surface area contributed by atoms with Crippen LogP contribution in [0.5, 0.6) is 0 Å². The number of aryl methyl sites for hydroxylation is 3. The number of carbonyl (C=O) groups excluding carboxylic acids is 1. The highest BCUT2D eigenvalue weighted by Gasteiger charge is 2.13. The van der Waals surface area contributed by atoms with Gasteiger partial charge in [-0.25, -0.2) is 0 Å². The predicted octanol–water partition coefficient (Wildman–Crippen LogP) is 3.40. The highest BCUT2D eigenvalue weighted by molar-refractivity contribution is 6.30. The third-order valence-electron chi connectivity index (χ3n) is 5.29. The summed E-state index contributed by atoms with van der Waals surface area (Å²) in [6, 6.07) is 13.2. The third kappa shape index (κ3) is 4.51. The van der Waals surface area contributed by atoms with Crippen LogP contribution in [0.1, 0.15) is 28.9 Å². The molecule has 0 saturated carbocycles. The summed E-state index contributed by atoms with van der Waals surface area (Å²) in [7, 11) is 0. The van der Waals surface area contributed by atoms with Crippen LogP contribution in [0, 0.1) is 13.8 Å². The topological polar surface area (TPSA) is 81.3 Å². The van der Waals surface area contributed by atoms with Crippen LogP contribution < -0.4 is 10.9 Å². The molecule has 1 N–H and O–H groups in total. The van der Waals surface area contributed by atoms with Crippen LogP contribution in [0.3, 0.4) is 0 Å². The van der Waals surface area contributed by atoms with E-state index in [1.165, 1.54) is 0 Å². The fourth-order valence-corrected chi connectivity index (χ4v) is 3.43. The van der Waals surface area contributed by atoms with Crippen molar-refractivity contribution in [3.63, 3.8) is 0 Å². The molecule has 4 rings (SSSR count). The second kappa shape index (κ2) is 8.73. The Morgan fingerprint density at radius 3 is 2.55 bits per heavy atom. The maximum Gasteiger partial charge on any atom is 0.300 e. The van der Waals surface area contributed by atoms with Gasteiger partial charge in [0.2, 0.25) is 11.6 Å². The zero-order chi connectivity index (χ0) is 22.0. The molecule has 31 heavy (non-hydrogen) atoms. The standard InChI is InChI=1S/C23H22ClN5O2/c1-15-3-8-19(13-16(15)2)28-11-12-29-20(26-27-22(29)23(28)31)9-10-21(30)25-14-17-4-6-18(24)7-5-17/h3-8,11-13H,9-10,14H2,1-2H3,(H,25,30). The van der Waals surface area contributed by atoms with Gasteiger partial charge >= 0.3 is 5.56 Å². The molecular formula is C23H22ClN5O2. The predicted molar refractivity (Wildman–Crippen MR) is 120 cm³/mol. The highest BCUT2D eigenvalue weighted by atomic mass is 35.5. The van der Waals surface area contributed by atoms with Crippen LogP contribution in [-0.4, -0.2) is 25.1 Å². The van der Waals surface area contributed by atoms with E-state index in [2.05, 4.69) is 15.5 Å². The van der Waals surface area contributed by atoms with E-state index in [9.17, 15) is 9.59 Å². The van der Waals surface area contributed by atoms with E-state index in [1.54, 1.807) is 33.5 Å². The Morgan fingerprint density at radius 1 is 1.03 bits per heavy atom. The number of rotatable bonds is 6. The summed E-state index contributed by atoms with van der Waals surface area (Å²) in [5.41, 5.74) is 4.00. The molecule has 0 unspecified atom stereocenters. The highest BCUT2D eigenvalue weighted by Crippen LogP contribution is 2.13. The number of fused-ring (bicyclic) bond motifs is 1. The molecule has 0 aliphatic carbocycles. The van der Waals surface area contributed by atoms with Crippen molar-refractivity contribution in [3.8, 4) is 5.69 Å². The lowest BCUT2D eigenvalue weighted by Gasteiger charge is -2.09. The van der Waals surface area contributed by atoms with Gasteiger partial charge in [-0.3, -0.25) is 18.6 Å². The number of halogens is 1. The van der Waals surface area contributed by atoms with Crippen LogP contribution in [0.25, 0.3) is 11.3 Å². The molecule has 0 atom stereocenters. The molecule has 4 aromatic rings. The SMILES string of the molecule is Cc1ccc(-n2ccn3c(CCC(=O)NCc4ccc(Cl)cc4)nnc3c2=O)cc1C. The van der Waals surface area contributed by atoms with Crippen LogP contribution >= 0.6 is 11.6 Å². The fraction of sp³-hybridized carbons (Fsp3) is 0.217. The Morgan fingerprint density at radius 2 is 1.81 bits per heavy atom. The smallest absolute Gasteiger partial charge is 0.300 e. The van der Waals surface area contributed by atoms with Crippen molar-refractivity contribution in [1.29, 1.82) is 0 Å². The molecule has 2 aromatic heterocycles. The quantitative estimate of drug-likeness (QED) is 0.503. The van der Waals surface area contributed by atoms with E-state index in [-0.39, 0.29) is 23.5 Å². The molecule has 1 amide bonds. The monoisotopic (exact) mass is 435 g/mol. The molecule has 0 radical (unpaired) electrons. The van der Waals surface area contributed by atoms with E-state index < -0.39 is 0 Å². The Balaban J connectivity index is 1.46. The normalized spacial score (nSPS) is 11.1. The Labute approximate surface area is 184 Å². The number of amides is 1. The Kier molecular flexibility index (Phi) is 5.86. The first kappa shape index (κ1) is 20.8. The molecule has 2 heterocycles. The molecule has 0 fully saturated rings. The number of hydrogen-bond acceptors (Lipinski definition) is 4. The number of hydrogen-bond donors (Lipinski definition) is 1. The van der Waals surface area contributed by atoms with Crippen LogP contribution in [0.4, 0.5) is 0 Å². The first-order valence-corrected chi connectivity index (χ1v) is 10.3. The summed E-state index contributed by atoms with van der Waals surface area (Å²) in [6.45, 7) is 4.47. The zero-order valence-corrected chi connectivity index (χ0v) is 18.1. The molecule has 0 aliphatic rings. The van der Waals surface area contributed by atoms with Gasteiger partial charge in [0, 0.05) is 42.5 Å².